The molecule has 2 rings (SSSR count). The molecular weight excluding hydrogens is 241 g/mol. The minimum Gasteiger partial charge on any atom is -0.478 e. The fourth-order valence-corrected chi connectivity index (χ4v) is 2.13. The summed E-state index contributed by atoms with van der Waals surface area (Å²) < 4.78 is 13.3. The first-order valence-electron chi connectivity index (χ1n) is 4.96. The van der Waals surface area contributed by atoms with Crippen LogP contribution in [0.15, 0.2) is 35.7 Å². The Balaban J connectivity index is 2.21. The Morgan fingerprint density at radius 2 is 2.18 bits per heavy atom. The number of rotatable bonds is 4. The molecule has 17 heavy (non-hydrogen) atoms. The van der Waals surface area contributed by atoms with Crippen molar-refractivity contribution in [3.05, 3.63) is 52.0 Å². The fraction of sp³-hybridized carbons (Fsp3) is 0.0833. The Bertz CT molecular complexity index is 525. The van der Waals surface area contributed by atoms with Crippen molar-refractivity contribution in [1.82, 2.24) is 0 Å². The van der Waals surface area contributed by atoms with Crippen LogP contribution in [0.4, 0.5) is 10.1 Å². The zero-order valence-electron chi connectivity index (χ0n) is 8.81. The van der Waals surface area contributed by atoms with E-state index in [1.165, 1.54) is 6.07 Å². The van der Waals surface area contributed by atoms with Crippen LogP contribution in [0.25, 0.3) is 0 Å². The van der Waals surface area contributed by atoms with Crippen molar-refractivity contribution in [3.63, 3.8) is 0 Å². The van der Waals surface area contributed by atoms with Gasteiger partial charge in [-0.3, -0.25) is 0 Å². The number of carboxylic acid groups (broad SMARTS) is 1. The molecule has 2 N–H and O–H groups in total. The van der Waals surface area contributed by atoms with Gasteiger partial charge in [-0.1, -0.05) is 12.1 Å². The zero-order valence-corrected chi connectivity index (χ0v) is 9.63. The molecule has 0 radical (unpaired) electrons. The number of hydrogen-bond acceptors (Lipinski definition) is 3. The second kappa shape index (κ2) is 4.97. The molecule has 1 aromatic carbocycles. The minimum absolute atomic E-state index is 0.297. The van der Waals surface area contributed by atoms with E-state index in [-0.39, 0.29) is 5.56 Å². The van der Waals surface area contributed by atoms with E-state index in [9.17, 15) is 9.18 Å². The van der Waals surface area contributed by atoms with Crippen molar-refractivity contribution < 1.29 is 14.3 Å². The molecule has 3 nitrogen and oxygen atoms in total. The van der Waals surface area contributed by atoms with Crippen molar-refractivity contribution in [2.24, 2.45) is 0 Å². The highest BCUT2D eigenvalue weighted by molar-refractivity contribution is 7.09. The smallest absolute Gasteiger partial charge is 0.340 e. The molecule has 5 heteroatoms. The Morgan fingerprint density at radius 1 is 1.35 bits per heavy atom. The second-order valence-electron chi connectivity index (χ2n) is 3.40. The zero-order chi connectivity index (χ0) is 12.3. The summed E-state index contributed by atoms with van der Waals surface area (Å²) >= 11 is 1.56. The molecule has 0 bridgehead atoms. The van der Waals surface area contributed by atoms with Crippen LogP contribution < -0.4 is 5.32 Å². The van der Waals surface area contributed by atoms with Gasteiger partial charge in [-0.2, -0.15) is 0 Å². The van der Waals surface area contributed by atoms with E-state index in [0.717, 1.165) is 10.9 Å². The largest absolute Gasteiger partial charge is 0.478 e. The average molecular weight is 251 g/mol. The quantitative estimate of drug-likeness (QED) is 0.877. The number of thiophene rings is 1. The number of halogens is 1. The van der Waals surface area contributed by atoms with E-state index in [1.807, 2.05) is 17.5 Å². The fourth-order valence-electron chi connectivity index (χ4n) is 1.48. The van der Waals surface area contributed by atoms with Crippen LogP contribution >= 0.6 is 11.3 Å². The van der Waals surface area contributed by atoms with Crippen LogP contribution in [-0.2, 0) is 6.54 Å². The van der Waals surface area contributed by atoms with Gasteiger partial charge in [0, 0.05) is 11.4 Å². The maximum Gasteiger partial charge on any atom is 0.340 e. The lowest BCUT2D eigenvalue weighted by atomic mass is 10.1. The molecule has 88 valence electrons. The van der Waals surface area contributed by atoms with Gasteiger partial charge in [0.15, 0.2) is 0 Å². The van der Waals surface area contributed by atoms with Gasteiger partial charge in [0.1, 0.15) is 11.4 Å². The summed E-state index contributed by atoms with van der Waals surface area (Å²) in [6, 6.07) is 8.02. The number of carboxylic acids is 1. The molecule has 0 aliphatic carbocycles. The van der Waals surface area contributed by atoms with E-state index in [4.69, 9.17) is 5.11 Å². The van der Waals surface area contributed by atoms with Crippen LogP contribution in [0.3, 0.4) is 0 Å². The first kappa shape index (κ1) is 11.6. The monoisotopic (exact) mass is 251 g/mol. The van der Waals surface area contributed by atoms with Gasteiger partial charge < -0.3 is 10.4 Å². The number of aromatic carboxylic acids is 1. The third kappa shape index (κ3) is 2.62. The summed E-state index contributed by atoms with van der Waals surface area (Å²) in [4.78, 5) is 12.0. The Morgan fingerprint density at radius 3 is 2.82 bits per heavy atom. The third-order valence-electron chi connectivity index (χ3n) is 2.26. The topological polar surface area (TPSA) is 49.3 Å². The maximum absolute atomic E-state index is 13.3. The summed E-state index contributed by atoms with van der Waals surface area (Å²) in [5.41, 5.74) is -0.0186. The lowest BCUT2D eigenvalue weighted by Crippen LogP contribution is -2.08. The number of anilines is 1. The minimum atomic E-state index is -1.27. The third-order valence-corrected chi connectivity index (χ3v) is 3.14. The van der Waals surface area contributed by atoms with E-state index in [0.29, 0.717) is 12.2 Å². The average Bonchev–Trinajstić information content (AvgIpc) is 2.78. The highest BCUT2D eigenvalue weighted by atomic mass is 32.1. The van der Waals surface area contributed by atoms with Crippen molar-refractivity contribution >= 4 is 23.0 Å². The number of nitrogens with one attached hydrogen (secondary N) is 1. The van der Waals surface area contributed by atoms with Gasteiger partial charge in [-0.15, -0.1) is 11.3 Å². The molecule has 0 unspecified atom stereocenters. The van der Waals surface area contributed by atoms with Crippen LogP contribution in [0.2, 0.25) is 0 Å². The van der Waals surface area contributed by atoms with E-state index in [1.54, 1.807) is 17.4 Å². The van der Waals surface area contributed by atoms with Crippen LogP contribution in [0.5, 0.6) is 0 Å². The first-order chi connectivity index (χ1) is 8.18. The molecule has 0 aliphatic heterocycles. The van der Waals surface area contributed by atoms with Crippen LogP contribution in [-0.4, -0.2) is 11.1 Å². The summed E-state index contributed by atoms with van der Waals surface area (Å²) in [5, 5.41) is 13.8. The second-order valence-corrected chi connectivity index (χ2v) is 4.43. The Hall–Kier alpha value is -1.88. The van der Waals surface area contributed by atoms with Gasteiger partial charge >= 0.3 is 5.97 Å². The molecule has 0 atom stereocenters. The Labute approximate surface area is 102 Å². The van der Waals surface area contributed by atoms with Crippen molar-refractivity contribution in [2.75, 3.05) is 5.32 Å². The van der Waals surface area contributed by atoms with Crippen molar-refractivity contribution in [1.29, 1.82) is 0 Å². The van der Waals surface area contributed by atoms with Crippen LogP contribution in [0.1, 0.15) is 15.2 Å². The van der Waals surface area contributed by atoms with E-state index >= 15 is 0 Å². The molecule has 0 aliphatic rings. The number of carbonyl (C=O) groups is 1. The van der Waals surface area contributed by atoms with E-state index < -0.39 is 11.8 Å². The molecular formula is C12H10FNO2S. The summed E-state index contributed by atoms with van der Waals surface area (Å²) in [6.45, 7) is 0.488. The summed E-state index contributed by atoms with van der Waals surface area (Å²) in [5.74, 6) is -1.99. The van der Waals surface area contributed by atoms with Gasteiger partial charge in [-0.25, -0.2) is 9.18 Å². The van der Waals surface area contributed by atoms with Gasteiger partial charge in [0.25, 0.3) is 0 Å². The first-order valence-corrected chi connectivity index (χ1v) is 5.84. The molecule has 1 aromatic heterocycles. The molecule has 2 aromatic rings. The predicted molar refractivity (Wildman–Crippen MR) is 65.0 cm³/mol. The molecule has 0 saturated heterocycles. The number of benzene rings is 1. The SMILES string of the molecule is O=C(O)c1c(F)cccc1NCc1cccs1. The molecule has 0 spiro atoms. The van der Waals surface area contributed by atoms with Gasteiger partial charge in [0.2, 0.25) is 0 Å². The lowest BCUT2D eigenvalue weighted by Gasteiger charge is -2.08. The standard InChI is InChI=1S/C12H10FNO2S/c13-9-4-1-5-10(11(9)12(15)16)14-7-8-3-2-6-17-8/h1-6,14H,7H2,(H,15,16). The van der Waals surface area contributed by atoms with Crippen LogP contribution in [0, 0.1) is 5.82 Å². The van der Waals surface area contributed by atoms with Gasteiger partial charge in [-0.05, 0) is 23.6 Å². The van der Waals surface area contributed by atoms with Gasteiger partial charge in [0.05, 0.1) is 5.69 Å². The lowest BCUT2D eigenvalue weighted by molar-refractivity contribution is 0.0693. The van der Waals surface area contributed by atoms with E-state index in [2.05, 4.69) is 5.32 Å². The highest BCUT2D eigenvalue weighted by Gasteiger charge is 2.15. The Kier molecular flexibility index (Phi) is 3.39. The summed E-state index contributed by atoms with van der Waals surface area (Å²) in [7, 11) is 0. The molecule has 0 fully saturated rings. The highest BCUT2D eigenvalue weighted by Crippen LogP contribution is 2.20. The number of hydrogen-bond donors (Lipinski definition) is 2. The maximum atomic E-state index is 13.3. The molecule has 0 saturated carbocycles. The summed E-state index contributed by atoms with van der Waals surface area (Å²) in [6.07, 6.45) is 0. The predicted octanol–water partition coefficient (Wildman–Crippen LogP) is 3.20. The molecule has 1 heterocycles. The van der Waals surface area contributed by atoms with Crippen molar-refractivity contribution in [3.8, 4) is 0 Å². The van der Waals surface area contributed by atoms with Crippen molar-refractivity contribution in [2.45, 2.75) is 6.54 Å². The normalized spacial score (nSPS) is 10.2. The molecule has 0 amide bonds.